The van der Waals surface area contributed by atoms with Crippen molar-refractivity contribution in [2.45, 2.75) is 44.2 Å². The number of hydrogen-bond acceptors (Lipinski definition) is 6. The van der Waals surface area contributed by atoms with Gasteiger partial charge in [0.25, 0.3) is 17.9 Å². The van der Waals surface area contributed by atoms with Gasteiger partial charge in [0.2, 0.25) is 0 Å². The molecule has 2 aliphatic carbocycles. The number of alkyl halides is 5. The maximum Gasteiger partial charge on any atom is 0.587 e. The lowest BCUT2D eigenvalue weighted by molar-refractivity contribution is -0.153. The van der Waals surface area contributed by atoms with Gasteiger partial charge in [-0.2, -0.15) is 22.9 Å². The topological polar surface area (TPSA) is 83.0 Å². The summed E-state index contributed by atoms with van der Waals surface area (Å²) in [4.78, 5) is 24.2. The number of ether oxygens (including phenoxy) is 2. The third kappa shape index (κ3) is 5.16. The SMILES string of the molecule is O=C([N+]#CC1CCCC(F)(F)C12CC2)c1nc2ccc(Oc3ncc(Cl)cc3OCC(F)(F)F)cn2n1. The average Bonchev–Trinajstić information content (AvgIpc) is 3.52. The van der Waals surface area contributed by atoms with Crippen molar-refractivity contribution in [3.63, 3.8) is 0 Å². The monoisotopic (exact) mass is 542 g/mol. The summed E-state index contributed by atoms with van der Waals surface area (Å²) in [5.41, 5.74) is -0.919. The van der Waals surface area contributed by atoms with E-state index in [9.17, 15) is 26.7 Å². The molecule has 0 aromatic carbocycles. The number of aromatic nitrogens is 4. The van der Waals surface area contributed by atoms with Gasteiger partial charge < -0.3 is 9.47 Å². The summed E-state index contributed by atoms with van der Waals surface area (Å²) in [6.45, 7) is -1.57. The Hall–Kier alpha value is -3.53. The van der Waals surface area contributed by atoms with Crippen LogP contribution in [0.15, 0.2) is 30.6 Å². The van der Waals surface area contributed by atoms with Gasteiger partial charge >= 0.3 is 17.9 Å². The van der Waals surface area contributed by atoms with Gasteiger partial charge in [-0.3, -0.25) is 0 Å². The van der Waals surface area contributed by atoms with Crippen molar-refractivity contribution in [3.05, 3.63) is 46.3 Å². The second kappa shape index (κ2) is 9.09. The fourth-order valence-electron chi connectivity index (χ4n) is 4.41. The van der Waals surface area contributed by atoms with E-state index in [-0.39, 0.29) is 40.3 Å². The zero-order valence-electron chi connectivity index (χ0n) is 18.9. The molecule has 0 saturated heterocycles. The molecule has 0 bridgehead atoms. The van der Waals surface area contributed by atoms with Crippen molar-refractivity contribution in [2.24, 2.45) is 11.3 Å². The van der Waals surface area contributed by atoms with Crippen molar-refractivity contribution in [2.75, 3.05) is 6.61 Å². The zero-order chi connectivity index (χ0) is 26.4. The molecule has 0 N–H and O–H groups in total. The molecule has 1 unspecified atom stereocenters. The number of pyridine rings is 2. The number of fused-ring (bicyclic) bond motifs is 1. The largest absolute Gasteiger partial charge is 0.587 e. The number of rotatable bonds is 5. The Morgan fingerprint density at radius 1 is 1.27 bits per heavy atom. The lowest BCUT2D eigenvalue weighted by Gasteiger charge is -2.33. The summed E-state index contributed by atoms with van der Waals surface area (Å²) in [5, 5.41) is 4.08. The first kappa shape index (κ1) is 25.1. The van der Waals surface area contributed by atoms with Crippen LogP contribution in [-0.2, 0) is 0 Å². The Labute approximate surface area is 211 Å². The number of carbonyl (C=O) groups is 1. The van der Waals surface area contributed by atoms with Crippen molar-refractivity contribution in [1.29, 1.82) is 0 Å². The van der Waals surface area contributed by atoms with Gasteiger partial charge in [0.15, 0.2) is 18.0 Å². The highest BCUT2D eigenvalue weighted by Gasteiger charge is 2.68. The maximum absolute atomic E-state index is 14.3. The Bertz CT molecular complexity index is 1430. The first-order valence-electron chi connectivity index (χ1n) is 11.2. The normalized spacial score (nSPS) is 19.8. The molecule has 0 aliphatic heterocycles. The molecule has 1 spiro atoms. The average molecular weight is 543 g/mol. The highest BCUT2D eigenvalue weighted by molar-refractivity contribution is 6.30. The molecule has 2 aliphatic rings. The molecule has 3 heterocycles. The molecular weight excluding hydrogens is 525 g/mol. The van der Waals surface area contributed by atoms with Crippen molar-refractivity contribution in [1.82, 2.24) is 19.6 Å². The van der Waals surface area contributed by atoms with Gasteiger partial charge in [-0.1, -0.05) is 11.6 Å². The van der Waals surface area contributed by atoms with Crippen LogP contribution in [0.2, 0.25) is 5.02 Å². The van der Waals surface area contributed by atoms with Gasteiger partial charge in [-0.05, 0) is 37.8 Å². The number of nitrogens with zero attached hydrogens (tertiary/aromatic N) is 5. The minimum Gasteiger partial charge on any atom is -0.478 e. The van der Waals surface area contributed by atoms with Gasteiger partial charge in [0, 0.05) is 23.5 Å². The number of hydrogen-bond donors (Lipinski definition) is 0. The first-order chi connectivity index (χ1) is 17.5. The molecule has 14 heteroatoms. The second-order valence-electron chi connectivity index (χ2n) is 8.92. The van der Waals surface area contributed by atoms with Gasteiger partial charge in [0.1, 0.15) is 11.7 Å². The van der Waals surface area contributed by atoms with Gasteiger partial charge in [0.05, 0.1) is 16.6 Å². The van der Waals surface area contributed by atoms with Crippen LogP contribution >= 0.6 is 11.6 Å². The van der Waals surface area contributed by atoms with Crippen LogP contribution in [0.3, 0.4) is 0 Å². The van der Waals surface area contributed by atoms with E-state index in [1.54, 1.807) is 0 Å². The molecule has 1 atom stereocenters. The highest BCUT2D eigenvalue weighted by Crippen LogP contribution is 2.66. The molecule has 1 amide bonds. The van der Waals surface area contributed by atoms with Gasteiger partial charge in [-0.25, -0.2) is 18.3 Å². The van der Waals surface area contributed by atoms with E-state index < -0.39 is 35.9 Å². The quantitative estimate of drug-likeness (QED) is 0.357. The minimum absolute atomic E-state index is 0.0429. The molecule has 0 radical (unpaired) electrons. The summed E-state index contributed by atoms with van der Waals surface area (Å²) >= 11 is 5.80. The lowest BCUT2D eigenvalue weighted by Crippen LogP contribution is -2.39. The molecule has 37 heavy (non-hydrogen) atoms. The molecule has 3 aromatic rings. The van der Waals surface area contributed by atoms with E-state index in [2.05, 4.69) is 26.0 Å². The van der Waals surface area contributed by atoms with Crippen molar-refractivity contribution in [3.8, 4) is 23.4 Å². The zero-order valence-corrected chi connectivity index (χ0v) is 19.7. The number of carbonyl (C=O) groups excluding carboxylic acids is 1. The Morgan fingerprint density at radius 3 is 2.78 bits per heavy atom. The van der Waals surface area contributed by atoms with Gasteiger partial charge in [-0.15, -0.1) is 5.10 Å². The van der Waals surface area contributed by atoms with E-state index in [1.807, 2.05) is 0 Å². The maximum atomic E-state index is 14.3. The van der Waals surface area contributed by atoms with E-state index in [4.69, 9.17) is 21.1 Å². The van der Waals surface area contributed by atoms with E-state index in [0.717, 1.165) is 6.07 Å². The molecular formula is C23H18ClF5N5O3+. The minimum atomic E-state index is -4.58. The van der Waals surface area contributed by atoms with Crippen LogP contribution in [0.4, 0.5) is 22.0 Å². The standard InChI is InChI=1S/C23H18ClF5N5O3/c24-14-8-16(36-12-23(27,28)29)20(31-10-14)37-15-3-4-17-32-18(33-34(17)11-15)19(35)30-9-13-2-1-5-22(25,26)21(13)6-7-21/h3-4,8,10-11,13H,1-2,5-7,12H2/q+1. The van der Waals surface area contributed by atoms with Crippen LogP contribution in [0.25, 0.3) is 10.5 Å². The summed E-state index contributed by atoms with van der Waals surface area (Å²) in [6.07, 6.45) is -0.694. The summed E-state index contributed by atoms with van der Waals surface area (Å²) in [5.74, 6) is -5.03. The molecule has 194 valence electrons. The fourth-order valence-corrected chi connectivity index (χ4v) is 4.55. The van der Waals surface area contributed by atoms with Crippen molar-refractivity contribution < 1.29 is 36.2 Å². The lowest BCUT2D eigenvalue weighted by atomic mass is 9.74. The second-order valence-corrected chi connectivity index (χ2v) is 9.35. The van der Waals surface area contributed by atoms with E-state index in [0.29, 0.717) is 25.7 Å². The Morgan fingerprint density at radius 2 is 2.05 bits per heavy atom. The predicted octanol–water partition coefficient (Wildman–Crippen LogP) is 6.20. The van der Waals surface area contributed by atoms with Crippen LogP contribution < -0.4 is 9.47 Å². The van der Waals surface area contributed by atoms with E-state index in [1.165, 1.54) is 29.0 Å². The van der Waals surface area contributed by atoms with Crippen LogP contribution in [0.5, 0.6) is 17.4 Å². The number of halogens is 6. The molecule has 3 aromatic heterocycles. The van der Waals surface area contributed by atoms with Crippen LogP contribution in [0, 0.1) is 17.4 Å². The summed E-state index contributed by atoms with van der Waals surface area (Å²) in [6, 6.07) is 6.62. The van der Waals surface area contributed by atoms with Crippen LogP contribution in [0.1, 0.15) is 42.7 Å². The summed E-state index contributed by atoms with van der Waals surface area (Å²) < 4.78 is 77.9. The fraction of sp³-hybridized carbons (Fsp3) is 0.435. The highest BCUT2D eigenvalue weighted by atomic mass is 35.5. The Kier molecular flexibility index (Phi) is 6.18. The van der Waals surface area contributed by atoms with E-state index >= 15 is 0 Å². The summed E-state index contributed by atoms with van der Waals surface area (Å²) in [7, 11) is 0. The molecule has 5 rings (SSSR count). The molecule has 2 saturated carbocycles. The third-order valence-electron chi connectivity index (χ3n) is 6.38. The molecule has 2 fully saturated rings. The van der Waals surface area contributed by atoms with Crippen LogP contribution in [-0.4, -0.2) is 44.2 Å². The smallest absolute Gasteiger partial charge is 0.478 e. The third-order valence-corrected chi connectivity index (χ3v) is 6.58. The number of amides is 1. The first-order valence-corrected chi connectivity index (χ1v) is 11.6. The molecule has 8 nitrogen and oxygen atoms in total. The Balaban J connectivity index is 1.33. The van der Waals surface area contributed by atoms with Crippen molar-refractivity contribution >= 4 is 23.2 Å². The predicted molar refractivity (Wildman–Crippen MR) is 119 cm³/mol.